The Morgan fingerprint density at radius 3 is 2.70 bits per heavy atom. The van der Waals surface area contributed by atoms with Crippen molar-refractivity contribution in [2.45, 2.75) is 18.4 Å². The number of carboxylic acids is 1. The second-order valence-corrected chi connectivity index (χ2v) is 4.95. The maximum absolute atomic E-state index is 11.3. The second-order valence-electron chi connectivity index (χ2n) is 4.95. The maximum Gasteiger partial charge on any atom is 0.325 e. The van der Waals surface area contributed by atoms with Crippen LogP contribution in [-0.4, -0.2) is 49.6 Å². The number of piperidine rings is 1. The highest BCUT2D eigenvalue weighted by Gasteiger charge is 2.38. The van der Waals surface area contributed by atoms with E-state index >= 15 is 0 Å². The van der Waals surface area contributed by atoms with E-state index in [1.54, 1.807) is 0 Å². The van der Waals surface area contributed by atoms with Gasteiger partial charge in [-0.3, -0.25) is 9.78 Å². The fraction of sp³-hybridized carbons (Fsp3) is 0.455. The molecule has 1 saturated heterocycles. The summed E-state index contributed by atoms with van der Waals surface area (Å²) in [7, 11) is 0. The number of hydrogen-bond acceptors (Lipinski definition) is 6. The van der Waals surface area contributed by atoms with E-state index in [2.05, 4.69) is 19.9 Å². The monoisotopic (exact) mass is 278 g/mol. The predicted molar refractivity (Wildman–Crippen MR) is 70.5 cm³/mol. The average Bonchev–Trinajstić information content (AvgIpc) is 2.79. The first-order chi connectivity index (χ1) is 9.49. The summed E-state index contributed by atoms with van der Waals surface area (Å²) in [6.45, 7) is 0.921. The van der Waals surface area contributed by atoms with E-state index in [4.69, 9.17) is 10.8 Å². The number of carboxylic acid groups (broad SMARTS) is 1. The van der Waals surface area contributed by atoms with Crippen LogP contribution >= 0.6 is 0 Å². The Bertz CT molecular complexity index is 712. The Labute approximate surface area is 112 Å². The lowest BCUT2D eigenvalue weighted by molar-refractivity contribution is -0.144. The van der Waals surface area contributed by atoms with Gasteiger partial charge in [-0.25, -0.2) is 14.8 Å². The Balaban J connectivity index is 1.91. The van der Waals surface area contributed by atoms with Crippen LogP contribution in [0.2, 0.25) is 0 Å². The van der Waals surface area contributed by atoms with Gasteiger partial charge in [0, 0.05) is 13.1 Å². The smallest absolute Gasteiger partial charge is 0.325 e. The maximum atomic E-state index is 11.3. The summed E-state index contributed by atoms with van der Waals surface area (Å²) >= 11 is 0. The van der Waals surface area contributed by atoms with Gasteiger partial charge >= 0.3 is 11.7 Å². The molecule has 0 amide bonds. The number of fused-ring (bicyclic) bond motifs is 1. The van der Waals surface area contributed by atoms with Gasteiger partial charge in [0.25, 0.3) is 0 Å². The number of aromatic nitrogens is 4. The number of carbonyl (C=O) groups is 1. The van der Waals surface area contributed by atoms with Crippen molar-refractivity contribution in [3.8, 4) is 0 Å². The van der Waals surface area contributed by atoms with Crippen molar-refractivity contribution in [2.75, 3.05) is 18.0 Å². The molecule has 0 unspecified atom stereocenters. The number of nitrogens with one attached hydrogen (secondary N) is 2. The van der Waals surface area contributed by atoms with Crippen molar-refractivity contribution < 1.29 is 9.90 Å². The van der Waals surface area contributed by atoms with Gasteiger partial charge in [0.15, 0.2) is 11.5 Å². The number of anilines is 1. The van der Waals surface area contributed by atoms with Gasteiger partial charge < -0.3 is 20.7 Å². The molecule has 0 saturated carbocycles. The molecule has 3 heterocycles. The summed E-state index contributed by atoms with van der Waals surface area (Å²) in [5.74, 6) is -0.402. The van der Waals surface area contributed by atoms with Crippen LogP contribution < -0.4 is 16.3 Å². The molecular weight excluding hydrogens is 264 g/mol. The molecule has 106 valence electrons. The molecule has 5 N–H and O–H groups in total. The van der Waals surface area contributed by atoms with Gasteiger partial charge in [-0.05, 0) is 12.8 Å². The normalized spacial score (nSPS) is 18.4. The molecule has 0 aromatic carbocycles. The van der Waals surface area contributed by atoms with Crippen LogP contribution in [0.5, 0.6) is 0 Å². The van der Waals surface area contributed by atoms with Gasteiger partial charge in [0.1, 0.15) is 17.4 Å². The van der Waals surface area contributed by atoms with Crippen molar-refractivity contribution in [1.82, 2.24) is 19.9 Å². The minimum atomic E-state index is -1.19. The molecule has 20 heavy (non-hydrogen) atoms. The summed E-state index contributed by atoms with van der Waals surface area (Å²) < 4.78 is 0. The molecule has 1 aliphatic rings. The molecule has 0 spiro atoms. The molecule has 2 aromatic rings. The van der Waals surface area contributed by atoms with Gasteiger partial charge in [0.2, 0.25) is 0 Å². The van der Waals surface area contributed by atoms with E-state index in [1.807, 2.05) is 4.90 Å². The largest absolute Gasteiger partial charge is 0.480 e. The van der Waals surface area contributed by atoms with Gasteiger partial charge in [-0.1, -0.05) is 0 Å². The van der Waals surface area contributed by atoms with Crippen molar-refractivity contribution in [3.63, 3.8) is 0 Å². The molecule has 2 aromatic heterocycles. The van der Waals surface area contributed by atoms with Crippen LogP contribution in [0.4, 0.5) is 5.82 Å². The minimum Gasteiger partial charge on any atom is -0.480 e. The lowest BCUT2D eigenvalue weighted by Gasteiger charge is -2.36. The zero-order valence-corrected chi connectivity index (χ0v) is 10.6. The number of aliphatic carboxylic acids is 1. The lowest BCUT2D eigenvalue weighted by Crippen LogP contribution is -2.55. The minimum absolute atomic E-state index is 0.322. The third kappa shape index (κ3) is 1.92. The van der Waals surface area contributed by atoms with E-state index in [9.17, 15) is 9.59 Å². The molecule has 3 rings (SSSR count). The average molecular weight is 278 g/mol. The third-order valence-corrected chi connectivity index (χ3v) is 3.68. The summed E-state index contributed by atoms with van der Waals surface area (Å²) in [5.41, 5.74) is 5.26. The lowest BCUT2D eigenvalue weighted by atomic mass is 9.89. The van der Waals surface area contributed by atoms with Gasteiger partial charge in [-0.15, -0.1) is 0 Å². The molecular formula is C11H14N6O3. The molecule has 0 aliphatic carbocycles. The highest BCUT2D eigenvalue weighted by Crippen LogP contribution is 2.26. The third-order valence-electron chi connectivity index (χ3n) is 3.68. The number of H-pyrrole nitrogens is 2. The molecule has 9 heteroatoms. The molecule has 0 radical (unpaired) electrons. The Hall–Kier alpha value is -2.42. The van der Waals surface area contributed by atoms with Crippen molar-refractivity contribution in [2.24, 2.45) is 5.73 Å². The van der Waals surface area contributed by atoms with Gasteiger partial charge in [-0.2, -0.15) is 0 Å². The topological polar surface area (TPSA) is 141 Å². The Kier molecular flexibility index (Phi) is 2.71. The number of hydrogen-bond donors (Lipinski definition) is 4. The van der Waals surface area contributed by atoms with Crippen molar-refractivity contribution in [3.05, 3.63) is 16.8 Å². The van der Waals surface area contributed by atoms with E-state index in [1.165, 1.54) is 6.33 Å². The van der Waals surface area contributed by atoms with Crippen LogP contribution in [0.15, 0.2) is 11.1 Å². The molecule has 9 nitrogen and oxygen atoms in total. The molecule has 1 aliphatic heterocycles. The van der Waals surface area contributed by atoms with E-state index in [0.29, 0.717) is 42.9 Å². The first-order valence-electron chi connectivity index (χ1n) is 6.20. The van der Waals surface area contributed by atoms with Crippen LogP contribution in [0.3, 0.4) is 0 Å². The Morgan fingerprint density at radius 1 is 1.35 bits per heavy atom. The zero-order valence-electron chi connectivity index (χ0n) is 10.6. The number of imidazole rings is 1. The highest BCUT2D eigenvalue weighted by atomic mass is 16.4. The quantitative estimate of drug-likeness (QED) is 0.553. The van der Waals surface area contributed by atoms with E-state index in [-0.39, 0.29) is 5.69 Å². The highest BCUT2D eigenvalue weighted by molar-refractivity contribution is 5.83. The van der Waals surface area contributed by atoms with Crippen LogP contribution in [-0.2, 0) is 4.79 Å². The van der Waals surface area contributed by atoms with Crippen LogP contribution in [0.1, 0.15) is 12.8 Å². The van der Waals surface area contributed by atoms with Gasteiger partial charge in [0.05, 0.1) is 0 Å². The first-order valence-corrected chi connectivity index (χ1v) is 6.20. The summed E-state index contributed by atoms with van der Waals surface area (Å²) in [5, 5.41) is 9.11. The number of aromatic amines is 2. The van der Waals surface area contributed by atoms with Crippen molar-refractivity contribution >= 4 is 23.0 Å². The zero-order chi connectivity index (χ0) is 14.3. The molecule has 1 fully saturated rings. The summed E-state index contributed by atoms with van der Waals surface area (Å²) in [6, 6.07) is 0. The second kappa shape index (κ2) is 4.30. The number of rotatable bonds is 2. The fourth-order valence-corrected chi connectivity index (χ4v) is 2.41. The van der Waals surface area contributed by atoms with Crippen LogP contribution in [0.25, 0.3) is 11.2 Å². The Morgan fingerprint density at radius 2 is 2.05 bits per heavy atom. The molecule has 0 atom stereocenters. The SMILES string of the molecule is NC1(C(=O)O)CCN(c2ncnc3[nH]c(=O)[nH]c23)CC1. The predicted octanol–water partition coefficient (Wildman–Crippen LogP) is -0.972. The summed E-state index contributed by atoms with van der Waals surface area (Å²) in [6.07, 6.45) is 2.01. The van der Waals surface area contributed by atoms with E-state index in [0.717, 1.165) is 0 Å². The number of nitrogens with zero attached hydrogens (tertiary/aromatic N) is 3. The van der Waals surface area contributed by atoms with E-state index < -0.39 is 11.5 Å². The molecule has 0 bridgehead atoms. The van der Waals surface area contributed by atoms with Crippen molar-refractivity contribution in [1.29, 1.82) is 0 Å². The fourth-order valence-electron chi connectivity index (χ4n) is 2.41. The first kappa shape index (κ1) is 12.6. The van der Waals surface area contributed by atoms with Crippen LogP contribution in [0, 0.1) is 0 Å². The standard InChI is InChI=1S/C11H14N6O3/c12-11(9(18)19)1-3-17(4-2-11)8-6-7(13-5-14-8)16-10(20)15-6/h5H,1-4,12H2,(H,18,19)(H2,13,14,15,16,20). The summed E-state index contributed by atoms with van der Waals surface area (Å²) in [4.78, 5) is 37.7. The number of nitrogens with two attached hydrogens (primary N) is 1.